The molecule has 2 rings (SSSR count). The predicted molar refractivity (Wildman–Crippen MR) is 83.4 cm³/mol. The highest BCUT2D eigenvalue weighted by Crippen LogP contribution is 2.11. The molecule has 0 unspecified atom stereocenters. The third-order valence-corrected chi connectivity index (χ3v) is 3.44. The van der Waals surface area contributed by atoms with Gasteiger partial charge in [-0.15, -0.1) is 0 Å². The molecular weight excluding hydrogens is 250 g/mol. The molecule has 1 aromatic rings. The van der Waals surface area contributed by atoms with Gasteiger partial charge in [-0.05, 0) is 37.0 Å². The van der Waals surface area contributed by atoms with Crippen molar-refractivity contribution in [3.8, 4) is 5.75 Å². The van der Waals surface area contributed by atoms with Crippen LogP contribution in [-0.4, -0.2) is 32.7 Å². The Bertz CT molecular complexity index is 457. The summed E-state index contributed by atoms with van der Waals surface area (Å²) in [7, 11) is 3.50. The second-order valence-corrected chi connectivity index (χ2v) is 4.88. The summed E-state index contributed by atoms with van der Waals surface area (Å²) >= 11 is 0. The number of rotatable bonds is 5. The fraction of sp³-hybridized carbons (Fsp3) is 0.438. The summed E-state index contributed by atoms with van der Waals surface area (Å²) in [4.78, 5) is 4.26. The molecule has 1 aromatic carbocycles. The van der Waals surface area contributed by atoms with Gasteiger partial charge in [-0.2, -0.15) is 0 Å². The van der Waals surface area contributed by atoms with Gasteiger partial charge in [0.15, 0.2) is 5.96 Å². The first-order valence-corrected chi connectivity index (χ1v) is 7.07. The Morgan fingerprint density at radius 1 is 1.25 bits per heavy atom. The molecule has 0 amide bonds. The summed E-state index contributed by atoms with van der Waals surface area (Å²) in [5.41, 5.74) is 1.29. The standard InChI is InChI=1S/C16H23N3O/c1-17-16(19-14-5-3-4-6-14)18-12-11-13-7-9-15(20-2)10-8-13/h3-4,7-10,14H,5-6,11-12H2,1-2H3,(H2,17,18,19). The minimum absolute atomic E-state index is 0.488. The second-order valence-electron chi connectivity index (χ2n) is 4.88. The lowest BCUT2D eigenvalue weighted by atomic mass is 10.1. The molecule has 0 aromatic heterocycles. The lowest BCUT2D eigenvalue weighted by Crippen LogP contribution is -2.43. The van der Waals surface area contributed by atoms with Crippen molar-refractivity contribution in [2.24, 2.45) is 4.99 Å². The minimum atomic E-state index is 0.488. The fourth-order valence-electron chi connectivity index (χ4n) is 2.24. The van der Waals surface area contributed by atoms with Crippen LogP contribution in [0.1, 0.15) is 18.4 Å². The minimum Gasteiger partial charge on any atom is -0.497 e. The number of guanidine groups is 1. The van der Waals surface area contributed by atoms with E-state index < -0.39 is 0 Å². The quantitative estimate of drug-likeness (QED) is 0.491. The van der Waals surface area contributed by atoms with Crippen molar-refractivity contribution < 1.29 is 4.74 Å². The Kier molecular flexibility index (Phi) is 5.47. The van der Waals surface area contributed by atoms with Crippen molar-refractivity contribution in [3.63, 3.8) is 0 Å². The number of ether oxygens (including phenoxy) is 1. The van der Waals surface area contributed by atoms with E-state index in [1.165, 1.54) is 5.56 Å². The summed E-state index contributed by atoms with van der Waals surface area (Å²) in [5.74, 6) is 1.78. The molecule has 0 spiro atoms. The van der Waals surface area contributed by atoms with Gasteiger partial charge in [0, 0.05) is 19.6 Å². The smallest absolute Gasteiger partial charge is 0.191 e. The Morgan fingerprint density at radius 2 is 1.95 bits per heavy atom. The van der Waals surface area contributed by atoms with Gasteiger partial charge in [-0.25, -0.2) is 0 Å². The number of hydrogen-bond acceptors (Lipinski definition) is 2. The normalized spacial score (nSPS) is 15.4. The van der Waals surface area contributed by atoms with E-state index in [1.807, 2.05) is 19.2 Å². The Hall–Kier alpha value is -1.97. The molecule has 2 N–H and O–H groups in total. The molecule has 0 radical (unpaired) electrons. The highest BCUT2D eigenvalue weighted by atomic mass is 16.5. The third-order valence-electron chi connectivity index (χ3n) is 3.44. The number of aliphatic imine (C=N–C) groups is 1. The fourth-order valence-corrected chi connectivity index (χ4v) is 2.24. The molecule has 0 aliphatic heterocycles. The first-order valence-electron chi connectivity index (χ1n) is 7.07. The summed E-state index contributed by atoms with van der Waals surface area (Å²) < 4.78 is 5.15. The van der Waals surface area contributed by atoms with E-state index in [9.17, 15) is 0 Å². The maximum atomic E-state index is 5.15. The number of hydrogen-bond donors (Lipinski definition) is 2. The molecule has 1 aliphatic carbocycles. The number of benzene rings is 1. The van der Waals surface area contributed by atoms with Crippen LogP contribution in [0.4, 0.5) is 0 Å². The molecule has 0 saturated carbocycles. The summed E-state index contributed by atoms with van der Waals surface area (Å²) in [6.45, 7) is 0.867. The average Bonchev–Trinajstić information content (AvgIpc) is 3.00. The van der Waals surface area contributed by atoms with E-state index in [2.05, 4.69) is 39.9 Å². The number of nitrogens with zero attached hydrogens (tertiary/aromatic N) is 1. The zero-order chi connectivity index (χ0) is 14.2. The van der Waals surface area contributed by atoms with Crippen LogP contribution in [0.5, 0.6) is 5.75 Å². The van der Waals surface area contributed by atoms with E-state index in [0.29, 0.717) is 6.04 Å². The highest BCUT2D eigenvalue weighted by Gasteiger charge is 2.11. The third kappa shape index (κ3) is 4.30. The maximum Gasteiger partial charge on any atom is 0.191 e. The molecule has 20 heavy (non-hydrogen) atoms. The lowest BCUT2D eigenvalue weighted by molar-refractivity contribution is 0.414. The largest absolute Gasteiger partial charge is 0.497 e. The van der Waals surface area contributed by atoms with Crippen molar-refractivity contribution in [3.05, 3.63) is 42.0 Å². The van der Waals surface area contributed by atoms with Crippen LogP contribution in [0.15, 0.2) is 41.4 Å². The van der Waals surface area contributed by atoms with Gasteiger partial charge in [-0.3, -0.25) is 4.99 Å². The van der Waals surface area contributed by atoms with Crippen LogP contribution in [0, 0.1) is 0 Å². The van der Waals surface area contributed by atoms with Crippen LogP contribution in [0.3, 0.4) is 0 Å². The lowest BCUT2D eigenvalue weighted by Gasteiger charge is -2.16. The topological polar surface area (TPSA) is 45.7 Å². The molecular formula is C16H23N3O. The first-order chi connectivity index (χ1) is 9.81. The van der Waals surface area contributed by atoms with Gasteiger partial charge in [0.1, 0.15) is 5.75 Å². The summed E-state index contributed by atoms with van der Waals surface area (Å²) in [6.07, 6.45) is 7.55. The number of nitrogens with one attached hydrogen (secondary N) is 2. The maximum absolute atomic E-state index is 5.15. The molecule has 0 bridgehead atoms. The molecule has 1 aliphatic rings. The van der Waals surface area contributed by atoms with E-state index >= 15 is 0 Å². The van der Waals surface area contributed by atoms with Crippen molar-refractivity contribution in [1.29, 1.82) is 0 Å². The average molecular weight is 273 g/mol. The molecule has 108 valence electrons. The van der Waals surface area contributed by atoms with Crippen LogP contribution in [0.2, 0.25) is 0 Å². The van der Waals surface area contributed by atoms with Gasteiger partial charge in [0.05, 0.1) is 7.11 Å². The molecule has 0 heterocycles. The first kappa shape index (κ1) is 14.4. The molecule has 0 atom stereocenters. The molecule has 4 heteroatoms. The second kappa shape index (κ2) is 7.58. The summed E-state index contributed by atoms with van der Waals surface area (Å²) in [5, 5.41) is 6.78. The van der Waals surface area contributed by atoms with Crippen LogP contribution in [0.25, 0.3) is 0 Å². The van der Waals surface area contributed by atoms with Gasteiger partial charge >= 0.3 is 0 Å². The van der Waals surface area contributed by atoms with E-state index in [4.69, 9.17) is 4.74 Å². The highest BCUT2D eigenvalue weighted by molar-refractivity contribution is 5.80. The Balaban J connectivity index is 1.72. The van der Waals surface area contributed by atoms with Crippen LogP contribution >= 0.6 is 0 Å². The van der Waals surface area contributed by atoms with Gasteiger partial charge in [-0.1, -0.05) is 24.3 Å². The molecule has 0 fully saturated rings. The Labute approximate surface area is 120 Å². The summed E-state index contributed by atoms with van der Waals surface area (Å²) in [6, 6.07) is 8.66. The van der Waals surface area contributed by atoms with Gasteiger partial charge in [0.2, 0.25) is 0 Å². The van der Waals surface area contributed by atoms with Crippen LogP contribution < -0.4 is 15.4 Å². The van der Waals surface area contributed by atoms with Gasteiger partial charge < -0.3 is 15.4 Å². The zero-order valence-electron chi connectivity index (χ0n) is 12.2. The monoisotopic (exact) mass is 273 g/mol. The van der Waals surface area contributed by atoms with Crippen molar-refractivity contribution in [2.75, 3.05) is 20.7 Å². The molecule has 4 nitrogen and oxygen atoms in total. The van der Waals surface area contributed by atoms with E-state index in [0.717, 1.165) is 37.5 Å². The van der Waals surface area contributed by atoms with Crippen molar-refractivity contribution in [2.45, 2.75) is 25.3 Å². The van der Waals surface area contributed by atoms with Crippen LogP contribution in [-0.2, 0) is 6.42 Å². The van der Waals surface area contributed by atoms with E-state index in [-0.39, 0.29) is 0 Å². The van der Waals surface area contributed by atoms with E-state index in [1.54, 1.807) is 7.11 Å². The predicted octanol–water partition coefficient (Wildman–Crippen LogP) is 2.12. The zero-order valence-corrected chi connectivity index (χ0v) is 12.2. The van der Waals surface area contributed by atoms with Gasteiger partial charge in [0.25, 0.3) is 0 Å². The van der Waals surface area contributed by atoms with Crippen molar-refractivity contribution >= 4 is 5.96 Å². The Morgan fingerprint density at radius 3 is 2.55 bits per heavy atom. The number of methoxy groups -OCH3 is 1. The van der Waals surface area contributed by atoms with Crippen molar-refractivity contribution in [1.82, 2.24) is 10.6 Å². The molecule has 0 saturated heterocycles. The SMILES string of the molecule is CN=C(NCCc1ccc(OC)cc1)NC1CC=CC1.